The van der Waals surface area contributed by atoms with Crippen LogP contribution < -0.4 is 0 Å². The molecular weight excluding hydrogens is 326 g/mol. The van der Waals surface area contributed by atoms with Crippen LogP contribution in [0.25, 0.3) is 0 Å². The van der Waals surface area contributed by atoms with Gasteiger partial charge < -0.3 is 9.30 Å². The molecule has 1 unspecified atom stereocenters. The zero-order valence-electron chi connectivity index (χ0n) is 15.2. The van der Waals surface area contributed by atoms with E-state index >= 15 is 0 Å². The normalized spacial score (nSPS) is 23.6. The minimum absolute atomic E-state index is 0.0526. The molecule has 2 heterocycles. The maximum absolute atomic E-state index is 12.7. The lowest BCUT2D eigenvalue weighted by atomic mass is 9.91. The van der Waals surface area contributed by atoms with Crippen LogP contribution >= 0.6 is 0 Å². The monoisotopic (exact) mass is 355 g/mol. The summed E-state index contributed by atoms with van der Waals surface area (Å²) in [7, 11) is 0.282. The fourth-order valence-electron chi connectivity index (χ4n) is 3.73. The van der Waals surface area contributed by atoms with Crippen LogP contribution in [0.2, 0.25) is 0 Å². The molecule has 0 N–H and O–H groups in total. The first kappa shape index (κ1) is 17.9. The summed E-state index contributed by atoms with van der Waals surface area (Å²) in [5.41, 5.74) is 2.48. The predicted molar refractivity (Wildman–Crippen MR) is 93.2 cm³/mol. The first-order valence-corrected chi connectivity index (χ1v) is 10.4. The summed E-state index contributed by atoms with van der Waals surface area (Å²) in [6, 6.07) is 0. The van der Waals surface area contributed by atoms with E-state index in [2.05, 4.69) is 23.4 Å². The fourth-order valence-corrected chi connectivity index (χ4v) is 4.98. The molecule has 7 heteroatoms. The van der Waals surface area contributed by atoms with E-state index < -0.39 is 10.0 Å². The van der Waals surface area contributed by atoms with Crippen molar-refractivity contribution in [2.75, 3.05) is 19.4 Å². The fraction of sp³-hybridized carbons (Fsp3) is 0.824. The molecule has 0 spiro atoms. The summed E-state index contributed by atoms with van der Waals surface area (Å²) < 4.78 is 34.5. The topological polar surface area (TPSA) is 64.4 Å². The Morgan fingerprint density at radius 2 is 2.04 bits per heavy atom. The molecule has 1 fully saturated rings. The number of sulfonamides is 1. The second-order valence-corrected chi connectivity index (χ2v) is 10.1. The number of ether oxygens (including phenoxy) is 1. The molecule has 136 valence electrons. The summed E-state index contributed by atoms with van der Waals surface area (Å²) in [6.07, 6.45) is 4.99. The Kier molecular flexibility index (Phi) is 4.79. The van der Waals surface area contributed by atoms with Gasteiger partial charge in [-0.05, 0) is 37.5 Å². The Morgan fingerprint density at radius 1 is 1.33 bits per heavy atom. The quantitative estimate of drug-likeness (QED) is 0.809. The molecule has 6 nitrogen and oxygen atoms in total. The lowest BCUT2D eigenvalue weighted by Gasteiger charge is -2.20. The van der Waals surface area contributed by atoms with Gasteiger partial charge in [0.25, 0.3) is 0 Å². The number of imidazole rings is 1. The van der Waals surface area contributed by atoms with Gasteiger partial charge in [-0.1, -0.05) is 13.8 Å². The molecule has 1 aliphatic carbocycles. The molecule has 3 rings (SSSR count). The molecule has 0 radical (unpaired) electrons. The standard InChI is InChI=1S/C17H29N3O3S/c1-17(2)9-13(23-12-17)11-24(21,22)19(3)10-16-18-14-7-5-6-8-15(14)20(16)4/h13H,5-12H2,1-4H3. The van der Waals surface area contributed by atoms with Crippen molar-refractivity contribution in [1.82, 2.24) is 13.9 Å². The van der Waals surface area contributed by atoms with E-state index in [0.717, 1.165) is 30.8 Å². The average molecular weight is 356 g/mol. The van der Waals surface area contributed by atoms with Crippen molar-refractivity contribution < 1.29 is 13.2 Å². The maximum atomic E-state index is 12.7. The summed E-state index contributed by atoms with van der Waals surface area (Å²) >= 11 is 0. The van der Waals surface area contributed by atoms with Crippen molar-refractivity contribution in [2.45, 2.75) is 58.6 Å². The Bertz CT molecular complexity index is 709. The van der Waals surface area contributed by atoms with Crippen LogP contribution in [0.5, 0.6) is 0 Å². The van der Waals surface area contributed by atoms with Gasteiger partial charge in [-0.3, -0.25) is 0 Å². The summed E-state index contributed by atoms with van der Waals surface area (Å²) in [5, 5.41) is 0. The van der Waals surface area contributed by atoms with Gasteiger partial charge in [-0.25, -0.2) is 13.4 Å². The highest BCUT2D eigenvalue weighted by molar-refractivity contribution is 7.89. The molecule has 0 amide bonds. The van der Waals surface area contributed by atoms with E-state index in [1.165, 1.54) is 22.8 Å². The van der Waals surface area contributed by atoms with E-state index in [0.29, 0.717) is 13.2 Å². The maximum Gasteiger partial charge on any atom is 0.216 e. The molecule has 0 saturated carbocycles. The van der Waals surface area contributed by atoms with Gasteiger partial charge in [0.15, 0.2) is 0 Å². The molecule has 0 bridgehead atoms. The zero-order valence-corrected chi connectivity index (χ0v) is 16.0. The number of nitrogens with zero attached hydrogens (tertiary/aromatic N) is 3. The largest absolute Gasteiger partial charge is 0.377 e. The molecular formula is C17H29N3O3S. The van der Waals surface area contributed by atoms with Crippen molar-refractivity contribution >= 4 is 10.0 Å². The van der Waals surface area contributed by atoms with Gasteiger partial charge in [0.05, 0.1) is 30.7 Å². The molecule has 0 aromatic carbocycles. The van der Waals surface area contributed by atoms with Crippen molar-refractivity contribution in [3.8, 4) is 0 Å². The number of fused-ring (bicyclic) bond motifs is 1. The second kappa shape index (κ2) is 6.42. The van der Waals surface area contributed by atoms with E-state index in [9.17, 15) is 8.42 Å². The van der Waals surface area contributed by atoms with Crippen molar-refractivity contribution in [1.29, 1.82) is 0 Å². The summed E-state index contributed by atoms with van der Waals surface area (Å²) in [5.74, 6) is 0.887. The van der Waals surface area contributed by atoms with Crippen LogP contribution in [0, 0.1) is 5.41 Å². The Hall–Kier alpha value is -0.920. The highest BCUT2D eigenvalue weighted by atomic mass is 32.2. The summed E-state index contributed by atoms with van der Waals surface area (Å²) in [4.78, 5) is 4.68. The third-order valence-corrected chi connectivity index (χ3v) is 7.06. The van der Waals surface area contributed by atoms with Crippen molar-refractivity contribution in [3.63, 3.8) is 0 Å². The third kappa shape index (κ3) is 3.68. The Balaban J connectivity index is 1.68. The SMILES string of the molecule is CN(Cc1nc2c(n1C)CCCC2)S(=O)(=O)CC1CC(C)(C)CO1. The van der Waals surface area contributed by atoms with E-state index in [1.807, 2.05) is 7.05 Å². The van der Waals surface area contributed by atoms with Gasteiger partial charge in [0, 0.05) is 19.8 Å². The predicted octanol–water partition coefficient (Wildman–Crippen LogP) is 1.88. The van der Waals surface area contributed by atoms with Gasteiger partial charge in [0.2, 0.25) is 10.0 Å². The molecule has 1 saturated heterocycles. The second-order valence-electron chi connectivity index (χ2n) is 8.02. The third-order valence-electron chi connectivity index (χ3n) is 5.19. The first-order valence-electron chi connectivity index (χ1n) is 8.77. The van der Waals surface area contributed by atoms with Crippen molar-refractivity contribution in [3.05, 3.63) is 17.2 Å². The number of aromatic nitrogens is 2. The number of aryl methyl sites for hydroxylation is 1. The minimum Gasteiger partial charge on any atom is -0.377 e. The molecule has 1 aromatic heterocycles. The van der Waals surface area contributed by atoms with Crippen LogP contribution in [0.15, 0.2) is 0 Å². The van der Waals surface area contributed by atoms with Crippen LogP contribution in [-0.4, -0.2) is 47.8 Å². The van der Waals surface area contributed by atoms with Crippen LogP contribution in [-0.2, 0) is 41.2 Å². The van der Waals surface area contributed by atoms with Gasteiger partial charge in [0.1, 0.15) is 5.82 Å². The molecule has 1 aliphatic heterocycles. The minimum atomic E-state index is -3.36. The summed E-state index contributed by atoms with van der Waals surface area (Å²) in [6.45, 7) is 5.18. The van der Waals surface area contributed by atoms with E-state index in [-0.39, 0.29) is 17.3 Å². The number of rotatable bonds is 5. The highest BCUT2D eigenvalue weighted by Crippen LogP contribution is 2.32. The molecule has 24 heavy (non-hydrogen) atoms. The lowest BCUT2D eigenvalue weighted by Crippen LogP contribution is -2.34. The first-order chi connectivity index (χ1) is 11.2. The molecule has 1 atom stereocenters. The average Bonchev–Trinajstić information content (AvgIpc) is 2.99. The Morgan fingerprint density at radius 3 is 2.67 bits per heavy atom. The smallest absolute Gasteiger partial charge is 0.216 e. The van der Waals surface area contributed by atoms with Crippen molar-refractivity contribution in [2.24, 2.45) is 12.5 Å². The molecule has 1 aromatic rings. The highest BCUT2D eigenvalue weighted by Gasteiger charge is 2.36. The zero-order chi connectivity index (χ0) is 17.5. The van der Waals surface area contributed by atoms with E-state index in [4.69, 9.17) is 4.74 Å². The van der Waals surface area contributed by atoms with Crippen LogP contribution in [0.3, 0.4) is 0 Å². The number of hydrogen-bond donors (Lipinski definition) is 0. The lowest BCUT2D eigenvalue weighted by molar-refractivity contribution is 0.112. The van der Waals surface area contributed by atoms with Crippen LogP contribution in [0.4, 0.5) is 0 Å². The van der Waals surface area contributed by atoms with Gasteiger partial charge in [-0.2, -0.15) is 4.31 Å². The van der Waals surface area contributed by atoms with Crippen LogP contribution in [0.1, 0.15) is 50.3 Å². The van der Waals surface area contributed by atoms with Gasteiger partial charge in [-0.15, -0.1) is 0 Å². The Labute approximate surface area is 145 Å². The van der Waals surface area contributed by atoms with E-state index in [1.54, 1.807) is 7.05 Å². The molecule has 2 aliphatic rings. The number of hydrogen-bond acceptors (Lipinski definition) is 4. The van der Waals surface area contributed by atoms with Gasteiger partial charge >= 0.3 is 0 Å².